The zero-order valence-electron chi connectivity index (χ0n) is 20.1. The van der Waals surface area contributed by atoms with Crippen LogP contribution in [0.3, 0.4) is 0 Å². The first kappa shape index (κ1) is 23.6. The Morgan fingerprint density at radius 1 is 1.06 bits per heavy atom. The van der Waals surface area contributed by atoms with Crippen LogP contribution in [0.1, 0.15) is 59.1 Å². The second kappa shape index (κ2) is 8.67. The third-order valence-corrected chi connectivity index (χ3v) is 8.76. The second-order valence-electron chi connectivity index (χ2n) is 10.2. The SMILES string of the molecule is CCS(=O)(=O)c1ccc(OC2CCC(C(C)(C)C)CC2)c(-c2cc(C)n(O)c3nccc2-3)c1. The molecular formula is C26H34N2O4S. The van der Waals surface area contributed by atoms with Gasteiger partial charge in [0.15, 0.2) is 15.7 Å². The van der Waals surface area contributed by atoms with Crippen molar-refractivity contribution in [2.75, 3.05) is 5.75 Å². The zero-order chi connectivity index (χ0) is 24.0. The first-order chi connectivity index (χ1) is 15.5. The molecule has 1 aromatic rings. The fourth-order valence-electron chi connectivity index (χ4n) is 4.85. The van der Waals surface area contributed by atoms with E-state index in [1.54, 1.807) is 38.2 Å². The summed E-state index contributed by atoms with van der Waals surface area (Å²) in [5.74, 6) is 1.81. The minimum Gasteiger partial charge on any atom is -0.490 e. The molecule has 2 aliphatic heterocycles. The van der Waals surface area contributed by atoms with Gasteiger partial charge in [-0.2, -0.15) is 4.73 Å². The van der Waals surface area contributed by atoms with Gasteiger partial charge in [-0.3, -0.25) is 0 Å². The Morgan fingerprint density at radius 3 is 2.39 bits per heavy atom. The number of nitrogens with zero attached hydrogens (tertiary/aromatic N) is 2. The smallest absolute Gasteiger partial charge is 0.178 e. The van der Waals surface area contributed by atoms with Crippen molar-refractivity contribution in [1.82, 2.24) is 9.71 Å². The summed E-state index contributed by atoms with van der Waals surface area (Å²) in [4.78, 5) is 4.56. The highest BCUT2D eigenvalue weighted by Gasteiger charge is 2.31. The molecule has 7 heteroatoms. The summed E-state index contributed by atoms with van der Waals surface area (Å²) in [7, 11) is -3.39. The zero-order valence-corrected chi connectivity index (χ0v) is 20.9. The maximum absolute atomic E-state index is 12.7. The second-order valence-corrected chi connectivity index (χ2v) is 12.5. The van der Waals surface area contributed by atoms with Crippen LogP contribution in [0.5, 0.6) is 5.75 Å². The van der Waals surface area contributed by atoms with E-state index in [9.17, 15) is 13.6 Å². The molecule has 1 aromatic carbocycles. The Kier molecular flexibility index (Phi) is 6.20. The van der Waals surface area contributed by atoms with Gasteiger partial charge in [-0.25, -0.2) is 13.4 Å². The molecule has 1 saturated carbocycles. The third-order valence-electron chi connectivity index (χ3n) is 7.03. The lowest BCUT2D eigenvalue weighted by molar-refractivity contribution is 0.0885. The molecule has 3 aliphatic rings. The van der Waals surface area contributed by atoms with Crippen molar-refractivity contribution in [3.63, 3.8) is 0 Å². The molecule has 0 bridgehead atoms. The van der Waals surface area contributed by atoms with Crippen LogP contribution >= 0.6 is 0 Å². The summed E-state index contributed by atoms with van der Waals surface area (Å²) in [5.41, 5.74) is 3.16. The first-order valence-corrected chi connectivity index (χ1v) is 13.4. The molecule has 0 amide bonds. The number of hydrogen-bond acceptors (Lipinski definition) is 5. The molecule has 0 spiro atoms. The minimum absolute atomic E-state index is 0.0290. The van der Waals surface area contributed by atoms with Crippen LogP contribution in [0, 0.1) is 18.3 Å². The lowest BCUT2D eigenvalue weighted by Crippen LogP contribution is -2.30. The van der Waals surface area contributed by atoms with Gasteiger partial charge >= 0.3 is 0 Å². The number of hydrogen-bond donors (Lipinski definition) is 1. The summed E-state index contributed by atoms with van der Waals surface area (Å²) >= 11 is 0. The standard InChI is InChI=1S/C26H34N2O4S/c1-6-33(30,31)20-11-12-24(32-19-9-7-18(8-10-19)26(3,4)5)23(16-20)22-15-17(2)28(29)25-21(22)13-14-27-25/h11-16,18-19,29H,6-10H2,1-5H3. The molecule has 0 radical (unpaired) electrons. The monoisotopic (exact) mass is 470 g/mol. The largest absolute Gasteiger partial charge is 0.490 e. The average Bonchev–Trinajstić information content (AvgIpc) is 3.26. The van der Waals surface area contributed by atoms with E-state index in [0.717, 1.165) is 41.5 Å². The van der Waals surface area contributed by atoms with E-state index in [1.807, 2.05) is 12.1 Å². The Bertz CT molecular complexity index is 1220. The van der Waals surface area contributed by atoms with Crippen molar-refractivity contribution in [2.45, 2.75) is 71.3 Å². The predicted molar refractivity (Wildman–Crippen MR) is 130 cm³/mol. The van der Waals surface area contributed by atoms with E-state index >= 15 is 0 Å². The van der Waals surface area contributed by atoms with Gasteiger partial charge in [-0.1, -0.05) is 27.7 Å². The number of fused-ring (bicyclic) bond motifs is 1. The van der Waals surface area contributed by atoms with Gasteiger partial charge < -0.3 is 9.94 Å². The van der Waals surface area contributed by atoms with Gasteiger partial charge in [0.05, 0.1) is 22.4 Å². The molecule has 0 atom stereocenters. The van der Waals surface area contributed by atoms with Crippen LogP contribution in [-0.4, -0.2) is 35.2 Å². The van der Waals surface area contributed by atoms with E-state index in [4.69, 9.17) is 4.74 Å². The van der Waals surface area contributed by atoms with Gasteiger partial charge in [-0.15, -0.1) is 0 Å². The molecule has 0 aromatic heterocycles. The van der Waals surface area contributed by atoms with Gasteiger partial charge in [0.1, 0.15) is 5.75 Å². The molecule has 2 heterocycles. The highest BCUT2D eigenvalue weighted by molar-refractivity contribution is 7.91. The molecule has 0 saturated heterocycles. The fourth-order valence-corrected chi connectivity index (χ4v) is 5.76. The molecule has 6 nitrogen and oxygen atoms in total. The van der Waals surface area contributed by atoms with E-state index in [2.05, 4.69) is 25.8 Å². The molecule has 1 aliphatic carbocycles. The fraction of sp³-hybridized carbons (Fsp3) is 0.500. The quantitative estimate of drug-likeness (QED) is 0.464. The van der Waals surface area contributed by atoms with E-state index in [1.165, 1.54) is 0 Å². The van der Waals surface area contributed by atoms with Gasteiger partial charge in [0, 0.05) is 17.3 Å². The maximum atomic E-state index is 12.7. The van der Waals surface area contributed by atoms with Crippen LogP contribution in [0.15, 0.2) is 41.4 Å². The Balaban J connectivity index is 1.75. The predicted octanol–water partition coefficient (Wildman–Crippen LogP) is 5.98. The van der Waals surface area contributed by atoms with Crippen LogP contribution in [0.25, 0.3) is 22.5 Å². The number of rotatable bonds is 5. The topological polar surface area (TPSA) is 81.4 Å². The minimum atomic E-state index is -3.39. The first-order valence-electron chi connectivity index (χ1n) is 11.7. The lowest BCUT2D eigenvalue weighted by atomic mass is 9.72. The number of pyridine rings is 1. The summed E-state index contributed by atoms with van der Waals surface area (Å²) in [6, 6.07) is 8.81. The summed E-state index contributed by atoms with van der Waals surface area (Å²) in [6.07, 6.45) is 5.94. The average molecular weight is 471 g/mol. The number of ether oxygens (including phenoxy) is 1. The molecule has 1 fully saturated rings. The highest BCUT2D eigenvalue weighted by atomic mass is 32.2. The van der Waals surface area contributed by atoms with Crippen LogP contribution in [0.4, 0.5) is 0 Å². The lowest BCUT2D eigenvalue weighted by Gasteiger charge is -2.37. The normalized spacial score (nSPS) is 19.7. The Hall–Kier alpha value is -2.54. The summed E-state index contributed by atoms with van der Waals surface area (Å²) in [6.45, 7) is 10.3. The van der Waals surface area contributed by atoms with Gasteiger partial charge in [0.2, 0.25) is 0 Å². The highest BCUT2D eigenvalue weighted by Crippen LogP contribution is 2.43. The van der Waals surface area contributed by atoms with Crippen molar-refractivity contribution in [1.29, 1.82) is 0 Å². The van der Waals surface area contributed by atoms with Crippen molar-refractivity contribution >= 4 is 9.84 Å². The van der Waals surface area contributed by atoms with Crippen molar-refractivity contribution in [2.24, 2.45) is 11.3 Å². The van der Waals surface area contributed by atoms with Gasteiger partial charge in [0.25, 0.3) is 0 Å². The number of benzene rings is 1. The molecular weight excluding hydrogens is 436 g/mol. The van der Waals surface area contributed by atoms with Crippen LogP contribution in [-0.2, 0) is 9.84 Å². The number of sulfone groups is 1. The van der Waals surface area contributed by atoms with Crippen molar-refractivity contribution < 1.29 is 18.4 Å². The molecule has 178 valence electrons. The van der Waals surface area contributed by atoms with Crippen molar-refractivity contribution in [3.05, 3.63) is 42.2 Å². The van der Waals surface area contributed by atoms with Crippen molar-refractivity contribution in [3.8, 4) is 28.3 Å². The van der Waals surface area contributed by atoms with E-state index in [0.29, 0.717) is 34.2 Å². The van der Waals surface area contributed by atoms with Crippen LogP contribution in [0.2, 0.25) is 0 Å². The summed E-state index contributed by atoms with van der Waals surface area (Å²) in [5, 5.41) is 10.4. The molecule has 4 rings (SSSR count). The number of aryl methyl sites for hydroxylation is 1. The number of aromatic nitrogens is 2. The van der Waals surface area contributed by atoms with Crippen LogP contribution < -0.4 is 4.74 Å². The van der Waals surface area contributed by atoms with E-state index < -0.39 is 9.84 Å². The molecule has 1 N–H and O–H groups in total. The third kappa shape index (κ3) is 4.60. The Labute approximate surface area is 196 Å². The summed E-state index contributed by atoms with van der Waals surface area (Å²) < 4.78 is 32.9. The maximum Gasteiger partial charge on any atom is 0.178 e. The van der Waals surface area contributed by atoms with E-state index in [-0.39, 0.29) is 16.8 Å². The Morgan fingerprint density at radius 2 is 1.76 bits per heavy atom. The van der Waals surface area contributed by atoms with Gasteiger partial charge in [-0.05, 0) is 79.8 Å². The molecule has 33 heavy (non-hydrogen) atoms. The molecule has 0 unspecified atom stereocenters.